The molecular weight excluding hydrogens is 648 g/mol. The molecule has 0 spiro atoms. The van der Waals surface area contributed by atoms with Gasteiger partial charge in [-0.1, -0.05) is 0 Å². The summed E-state index contributed by atoms with van der Waals surface area (Å²) < 4.78 is 39.4. The summed E-state index contributed by atoms with van der Waals surface area (Å²) in [6.07, 6.45) is -5.54. The Bertz CT molecular complexity index is 1630. The van der Waals surface area contributed by atoms with Gasteiger partial charge in [0.1, 0.15) is 18.3 Å². The van der Waals surface area contributed by atoms with E-state index in [2.05, 4.69) is 0 Å². The molecule has 3 aromatic carbocycles. The van der Waals surface area contributed by atoms with E-state index < -0.39 is 59.8 Å². The van der Waals surface area contributed by atoms with Crippen molar-refractivity contribution in [3.63, 3.8) is 0 Å². The second-order valence-electron chi connectivity index (χ2n) is 11.8. The lowest BCUT2D eigenvalue weighted by atomic mass is 9.66. The summed E-state index contributed by atoms with van der Waals surface area (Å²) in [5.41, 5.74) is 1.69. The fourth-order valence-electron chi connectivity index (χ4n) is 6.45. The van der Waals surface area contributed by atoms with Gasteiger partial charge in [0.2, 0.25) is 11.5 Å². The first-order valence-electron chi connectivity index (χ1n) is 15.3. The smallest absolute Gasteiger partial charge is 0.338 e. The van der Waals surface area contributed by atoms with Crippen molar-refractivity contribution < 1.29 is 73.7 Å². The summed E-state index contributed by atoms with van der Waals surface area (Å²) in [6, 6.07) is 8.34. The molecule has 7 unspecified atom stereocenters. The summed E-state index contributed by atoms with van der Waals surface area (Å²) in [5, 5.41) is 72.4. The van der Waals surface area contributed by atoms with E-state index in [4.69, 9.17) is 33.2 Å². The van der Waals surface area contributed by atoms with Crippen LogP contribution in [0.25, 0.3) is 0 Å². The number of hydrogen-bond acceptors (Lipinski definition) is 15. The van der Waals surface area contributed by atoms with E-state index >= 15 is 0 Å². The van der Waals surface area contributed by atoms with E-state index in [9.17, 15) is 40.5 Å². The predicted molar refractivity (Wildman–Crippen MR) is 169 cm³/mol. The van der Waals surface area contributed by atoms with Gasteiger partial charge >= 0.3 is 5.97 Å². The largest absolute Gasteiger partial charge is 0.504 e. The highest BCUT2D eigenvalue weighted by Crippen LogP contribution is 2.54. The molecule has 0 radical (unpaired) electrons. The molecule has 1 aliphatic carbocycles. The van der Waals surface area contributed by atoms with E-state index in [1.54, 1.807) is 18.2 Å². The molecule has 1 fully saturated rings. The number of rotatable bonds is 11. The number of carbonyl (C=O) groups is 1. The molecule has 49 heavy (non-hydrogen) atoms. The normalized spacial score (nSPS) is 24.8. The molecule has 0 amide bonds. The van der Waals surface area contributed by atoms with Crippen LogP contribution in [0, 0.1) is 11.8 Å². The van der Waals surface area contributed by atoms with Crippen molar-refractivity contribution in [1.29, 1.82) is 0 Å². The van der Waals surface area contributed by atoms with Gasteiger partial charge in [0.05, 0.1) is 53.8 Å². The Labute approximate surface area is 281 Å². The number of benzene rings is 3. The summed E-state index contributed by atoms with van der Waals surface area (Å²) in [6.45, 7) is -0.676. The van der Waals surface area contributed by atoms with Crippen molar-refractivity contribution in [2.45, 2.75) is 36.9 Å². The fourth-order valence-corrected chi connectivity index (χ4v) is 6.45. The highest BCUT2D eigenvalue weighted by molar-refractivity contribution is 5.90. The number of phenolic OH excluding ortho intramolecular Hbond substituents is 4. The molecule has 5 rings (SSSR count). The second-order valence-corrected chi connectivity index (χ2v) is 11.8. The maximum atomic E-state index is 13.1. The molecule has 266 valence electrons. The zero-order chi connectivity index (χ0) is 35.6. The monoisotopic (exact) mass is 688 g/mol. The number of aromatic hydroxyl groups is 4. The van der Waals surface area contributed by atoms with Gasteiger partial charge in [0, 0.05) is 17.4 Å². The molecule has 7 atom stereocenters. The Hall–Kier alpha value is -4.67. The third-order valence-corrected chi connectivity index (χ3v) is 9.00. The molecule has 15 nitrogen and oxygen atoms in total. The van der Waals surface area contributed by atoms with Crippen LogP contribution in [-0.2, 0) is 20.6 Å². The van der Waals surface area contributed by atoms with Crippen LogP contribution in [0.1, 0.15) is 33.0 Å². The van der Waals surface area contributed by atoms with E-state index in [0.717, 1.165) is 12.1 Å². The van der Waals surface area contributed by atoms with Gasteiger partial charge in [-0.05, 0) is 59.9 Å². The van der Waals surface area contributed by atoms with Crippen LogP contribution in [0.15, 0.2) is 36.4 Å². The molecule has 15 heteroatoms. The van der Waals surface area contributed by atoms with Gasteiger partial charge < -0.3 is 68.9 Å². The topological polar surface area (TPSA) is 223 Å². The van der Waals surface area contributed by atoms with Crippen LogP contribution < -0.4 is 18.9 Å². The van der Waals surface area contributed by atoms with Crippen LogP contribution in [0.3, 0.4) is 0 Å². The predicted octanol–water partition coefficient (Wildman–Crippen LogP) is 1.78. The summed E-state index contributed by atoms with van der Waals surface area (Å²) >= 11 is 0. The SMILES string of the molecule is COc1cc(C2c3c(cc(OC)c(O)c3OC)CC(COC(=O)c3ccc(O)c(O)c3)C2COC2OCC(O)C(O)C2O)cc(OC)c1O. The Morgan fingerprint density at radius 1 is 0.796 bits per heavy atom. The van der Waals surface area contributed by atoms with E-state index in [1.165, 1.54) is 34.5 Å². The lowest BCUT2D eigenvalue weighted by Gasteiger charge is -2.42. The molecular formula is C34H40O15. The van der Waals surface area contributed by atoms with Gasteiger partial charge in [-0.25, -0.2) is 4.79 Å². The number of methoxy groups -OCH3 is 4. The first kappa shape index (κ1) is 35.6. The van der Waals surface area contributed by atoms with Gasteiger partial charge in [-0.3, -0.25) is 0 Å². The minimum atomic E-state index is -1.59. The Balaban J connectivity index is 1.63. The standard InChI is InChI=1S/C34H40O15/c1-43-23-10-17(11-24(44-2)29(23)39)26-19(13-48-34-31(41)28(38)22(37)14-49-34)18(12-47-33(42)15-5-6-20(35)21(36)8-15)7-16-9-25(45-3)30(40)32(46-4)27(16)26/h5-6,8-11,18-19,22,26,28,31,34-41H,7,12-14H2,1-4H3. The quantitative estimate of drug-likeness (QED) is 0.113. The van der Waals surface area contributed by atoms with E-state index in [-0.39, 0.29) is 66.3 Å². The van der Waals surface area contributed by atoms with Crippen LogP contribution in [0.2, 0.25) is 0 Å². The third-order valence-electron chi connectivity index (χ3n) is 9.00. The molecule has 1 saturated heterocycles. The van der Waals surface area contributed by atoms with Crippen LogP contribution in [0.4, 0.5) is 0 Å². The van der Waals surface area contributed by atoms with Crippen molar-refractivity contribution in [2.24, 2.45) is 11.8 Å². The maximum absolute atomic E-state index is 13.1. The maximum Gasteiger partial charge on any atom is 0.338 e. The third kappa shape index (κ3) is 6.93. The fraction of sp³-hybridized carbons (Fsp3) is 0.441. The number of phenols is 4. The molecule has 3 aromatic rings. The lowest BCUT2D eigenvalue weighted by molar-refractivity contribution is -0.274. The second kappa shape index (κ2) is 14.8. The lowest BCUT2D eigenvalue weighted by Crippen LogP contribution is -2.54. The molecule has 2 aliphatic rings. The minimum Gasteiger partial charge on any atom is -0.504 e. The number of fused-ring (bicyclic) bond motifs is 1. The Morgan fingerprint density at radius 2 is 1.45 bits per heavy atom. The highest BCUT2D eigenvalue weighted by atomic mass is 16.7. The molecule has 1 aliphatic heterocycles. The minimum absolute atomic E-state index is 0.0107. The van der Waals surface area contributed by atoms with Crippen LogP contribution >= 0.6 is 0 Å². The molecule has 0 aromatic heterocycles. The molecule has 0 bridgehead atoms. The summed E-state index contributed by atoms with van der Waals surface area (Å²) in [7, 11) is 5.52. The average molecular weight is 689 g/mol. The van der Waals surface area contributed by atoms with Crippen molar-refractivity contribution >= 4 is 5.97 Å². The van der Waals surface area contributed by atoms with E-state index in [1.807, 2.05) is 0 Å². The van der Waals surface area contributed by atoms with Crippen molar-refractivity contribution in [3.05, 3.63) is 58.7 Å². The van der Waals surface area contributed by atoms with Crippen molar-refractivity contribution in [3.8, 4) is 46.0 Å². The first-order valence-corrected chi connectivity index (χ1v) is 15.3. The zero-order valence-corrected chi connectivity index (χ0v) is 27.2. The highest BCUT2D eigenvalue weighted by Gasteiger charge is 2.45. The summed E-state index contributed by atoms with van der Waals surface area (Å²) in [5.74, 6) is -3.79. The zero-order valence-electron chi connectivity index (χ0n) is 27.2. The average Bonchev–Trinajstić information content (AvgIpc) is 3.10. The molecule has 1 heterocycles. The van der Waals surface area contributed by atoms with Gasteiger partial charge in [0.25, 0.3) is 0 Å². The number of ether oxygens (including phenoxy) is 7. The first-order chi connectivity index (χ1) is 23.4. The summed E-state index contributed by atoms with van der Waals surface area (Å²) in [4.78, 5) is 13.1. The number of aliphatic hydroxyl groups is 3. The van der Waals surface area contributed by atoms with Crippen molar-refractivity contribution in [2.75, 3.05) is 48.3 Å². The van der Waals surface area contributed by atoms with Crippen molar-refractivity contribution in [1.82, 2.24) is 0 Å². The van der Waals surface area contributed by atoms with E-state index in [0.29, 0.717) is 16.7 Å². The van der Waals surface area contributed by atoms with Gasteiger partial charge in [-0.15, -0.1) is 0 Å². The Morgan fingerprint density at radius 3 is 2.06 bits per heavy atom. The molecule has 0 saturated carbocycles. The van der Waals surface area contributed by atoms with Gasteiger partial charge in [0.15, 0.2) is 40.8 Å². The molecule has 7 N–H and O–H groups in total. The van der Waals surface area contributed by atoms with Crippen LogP contribution in [0.5, 0.6) is 46.0 Å². The van der Waals surface area contributed by atoms with Crippen LogP contribution in [-0.4, -0.2) is 115 Å². The number of aliphatic hydroxyl groups excluding tert-OH is 3. The number of esters is 1. The van der Waals surface area contributed by atoms with Gasteiger partial charge in [-0.2, -0.15) is 0 Å². The number of hydrogen-bond donors (Lipinski definition) is 7. The Kier molecular flexibility index (Phi) is 10.8. The number of carbonyl (C=O) groups excluding carboxylic acids is 1.